The Kier molecular flexibility index (Phi) is 2.67. The molecule has 44 valence electrons. The Morgan fingerprint density at radius 3 is 1.57 bits per heavy atom. The fourth-order valence-electron chi connectivity index (χ4n) is 0.250. The second kappa shape index (κ2) is 2.56. The van der Waals surface area contributed by atoms with Crippen LogP contribution in [-0.4, -0.2) is 4.87 Å². The minimum Gasteiger partial charge on any atom is -0.120 e. The van der Waals surface area contributed by atoms with Crippen molar-refractivity contribution in [3.63, 3.8) is 0 Å². The lowest BCUT2D eigenvalue weighted by Gasteiger charge is -2.15. The predicted octanol–water partition coefficient (Wildman–Crippen LogP) is 2.80. The third-order valence-corrected chi connectivity index (χ3v) is 2.01. The van der Waals surface area contributed by atoms with Crippen LogP contribution < -0.4 is 0 Å². The molecule has 0 fully saturated rings. The number of alkyl halides is 1. The molecule has 0 rings (SSSR count). The van der Waals surface area contributed by atoms with E-state index in [9.17, 15) is 0 Å². The summed E-state index contributed by atoms with van der Waals surface area (Å²) in [6.07, 6.45) is 2.12. The molecule has 0 heterocycles. The Hall–Kier alpha value is 0.290. The molecule has 0 radical (unpaired) electrons. The molecule has 0 spiro atoms. The maximum Gasteiger partial charge on any atom is 0.0413 e. The molecule has 0 aliphatic rings. The van der Waals surface area contributed by atoms with Crippen LogP contribution in [0.4, 0.5) is 0 Å². The van der Waals surface area contributed by atoms with Crippen LogP contribution in [0.25, 0.3) is 0 Å². The summed E-state index contributed by atoms with van der Waals surface area (Å²) in [5.41, 5.74) is 0. The van der Waals surface area contributed by atoms with Gasteiger partial charge < -0.3 is 0 Å². The van der Waals surface area contributed by atoms with E-state index in [0.29, 0.717) is 0 Å². The second-order valence-corrected chi connectivity index (χ2v) is 3.03. The molecular weight excluding hydrogens is 108 g/mol. The van der Waals surface area contributed by atoms with Crippen molar-refractivity contribution in [1.29, 1.82) is 0 Å². The zero-order chi connectivity index (χ0) is 5.91. The molecule has 0 bridgehead atoms. The average Bonchev–Trinajstić information content (AvgIpc) is 1.68. The van der Waals surface area contributed by atoms with Crippen molar-refractivity contribution in [1.82, 2.24) is 0 Å². The van der Waals surface area contributed by atoms with Crippen LogP contribution in [0.2, 0.25) is 0 Å². The maximum atomic E-state index is 5.91. The largest absolute Gasteiger partial charge is 0.120 e. The van der Waals surface area contributed by atoms with Gasteiger partial charge in [-0.25, -0.2) is 0 Å². The highest BCUT2D eigenvalue weighted by atomic mass is 35.5. The van der Waals surface area contributed by atoms with E-state index in [-0.39, 0.29) is 4.87 Å². The normalized spacial score (nSPS) is 12.0. The monoisotopic (exact) mass is 120 g/mol. The zero-order valence-electron chi connectivity index (χ0n) is 5.29. The van der Waals surface area contributed by atoms with E-state index in [0.717, 1.165) is 12.8 Å². The molecule has 0 nitrogen and oxygen atoms in total. The van der Waals surface area contributed by atoms with Gasteiger partial charge in [-0.15, -0.1) is 11.6 Å². The van der Waals surface area contributed by atoms with Crippen LogP contribution in [-0.2, 0) is 0 Å². The van der Waals surface area contributed by atoms with Gasteiger partial charge >= 0.3 is 0 Å². The van der Waals surface area contributed by atoms with Crippen molar-refractivity contribution in [2.24, 2.45) is 0 Å². The minimum atomic E-state index is 0.0556. The van der Waals surface area contributed by atoms with Gasteiger partial charge in [-0.3, -0.25) is 0 Å². The van der Waals surface area contributed by atoms with Gasteiger partial charge in [0.2, 0.25) is 0 Å². The predicted molar refractivity (Wildman–Crippen MR) is 34.8 cm³/mol. The molecule has 0 N–H and O–H groups in total. The highest BCUT2D eigenvalue weighted by molar-refractivity contribution is 6.23. The van der Waals surface area contributed by atoms with Gasteiger partial charge in [-0.05, 0) is 19.8 Å². The smallest absolute Gasteiger partial charge is 0.0413 e. The molecule has 7 heavy (non-hydrogen) atoms. The molecule has 0 aliphatic carbocycles. The third kappa shape index (κ3) is 2.93. The van der Waals surface area contributed by atoms with Crippen molar-refractivity contribution < 1.29 is 0 Å². The number of halogens is 1. The summed E-state index contributed by atoms with van der Waals surface area (Å²) in [6, 6.07) is 0. The lowest BCUT2D eigenvalue weighted by atomic mass is 10.1. The first-order chi connectivity index (χ1) is 3.12. The molecule has 0 atom stereocenters. The van der Waals surface area contributed by atoms with Gasteiger partial charge in [0.05, 0.1) is 0 Å². The van der Waals surface area contributed by atoms with Gasteiger partial charge in [0, 0.05) is 4.87 Å². The minimum absolute atomic E-state index is 0.0556. The van der Waals surface area contributed by atoms with Crippen molar-refractivity contribution in [2.75, 3.05) is 0 Å². The van der Waals surface area contributed by atoms with Gasteiger partial charge in [-0.2, -0.15) is 0 Å². The number of hydrogen-bond acceptors (Lipinski definition) is 0. The molecule has 0 aromatic rings. The number of rotatable bonds is 2. The molecule has 0 unspecified atom stereocenters. The first-order valence-corrected chi connectivity index (χ1v) is 3.19. The summed E-state index contributed by atoms with van der Waals surface area (Å²) < 4.78 is 0. The highest BCUT2D eigenvalue weighted by Gasteiger charge is 2.13. The highest BCUT2D eigenvalue weighted by Crippen LogP contribution is 2.21. The van der Waals surface area contributed by atoms with Crippen molar-refractivity contribution in [3.05, 3.63) is 0 Å². The van der Waals surface area contributed by atoms with E-state index in [2.05, 4.69) is 20.8 Å². The zero-order valence-corrected chi connectivity index (χ0v) is 6.05. The molecule has 0 aromatic heterocycles. The maximum absolute atomic E-state index is 5.91. The van der Waals surface area contributed by atoms with Crippen LogP contribution in [0.15, 0.2) is 0 Å². The summed E-state index contributed by atoms with van der Waals surface area (Å²) in [5, 5.41) is 0. The molecular formula is C6H13Cl. The first kappa shape index (κ1) is 7.29. The van der Waals surface area contributed by atoms with Crippen LogP contribution in [0, 0.1) is 0 Å². The molecule has 0 aliphatic heterocycles. The van der Waals surface area contributed by atoms with Crippen LogP contribution in [0.5, 0.6) is 0 Å². The van der Waals surface area contributed by atoms with E-state index in [1.54, 1.807) is 0 Å². The van der Waals surface area contributed by atoms with E-state index in [1.807, 2.05) is 0 Å². The van der Waals surface area contributed by atoms with Crippen molar-refractivity contribution >= 4 is 11.6 Å². The van der Waals surface area contributed by atoms with Gasteiger partial charge in [-0.1, -0.05) is 13.8 Å². The summed E-state index contributed by atoms with van der Waals surface area (Å²) in [7, 11) is 0. The van der Waals surface area contributed by atoms with Gasteiger partial charge in [0.25, 0.3) is 0 Å². The Morgan fingerprint density at radius 2 is 1.57 bits per heavy atom. The Labute approximate surface area is 50.9 Å². The molecule has 0 amide bonds. The summed E-state index contributed by atoms with van der Waals surface area (Å²) in [6.45, 7) is 6.28. The SMILES string of the molecule is CCC(C)(Cl)CC. The average molecular weight is 121 g/mol. The quantitative estimate of drug-likeness (QED) is 0.492. The Morgan fingerprint density at radius 1 is 1.29 bits per heavy atom. The molecule has 0 saturated heterocycles. The fourth-order valence-corrected chi connectivity index (χ4v) is 0.250. The topological polar surface area (TPSA) is 0 Å². The molecule has 0 saturated carbocycles. The van der Waals surface area contributed by atoms with Crippen LogP contribution in [0.3, 0.4) is 0 Å². The first-order valence-electron chi connectivity index (χ1n) is 2.81. The second-order valence-electron chi connectivity index (χ2n) is 2.12. The third-order valence-electron chi connectivity index (χ3n) is 1.47. The van der Waals surface area contributed by atoms with Crippen molar-refractivity contribution in [2.45, 2.75) is 38.5 Å². The van der Waals surface area contributed by atoms with E-state index >= 15 is 0 Å². The molecule has 0 aromatic carbocycles. The summed E-state index contributed by atoms with van der Waals surface area (Å²) in [4.78, 5) is 0.0556. The molecule has 1 heteroatoms. The van der Waals surface area contributed by atoms with Gasteiger partial charge in [0.1, 0.15) is 0 Å². The standard InChI is InChI=1S/C6H13Cl/c1-4-6(3,7)5-2/h4-5H2,1-3H3. The van der Waals surface area contributed by atoms with E-state index in [1.165, 1.54) is 0 Å². The summed E-state index contributed by atoms with van der Waals surface area (Å²) in [5.74, 6) is 0. The summed E-state index contributed by atoms with van der Waals surface area (Å²) >= 11 is 5.91. The fraction of sp³-hybridized carbons (Fsp3) is 1.00. The number of hydrogen-bond donors (Lipinski definition) is 0. The van der Waals surface area contributed by atoms with Crippen LogP contribution in [0.1, 0.15) is 33.6 Å². The van der Waals surface area contributed by atoms with Crippen LogP contribution >= 0.6 is 11.6 Å². The van der Waals surface area contributed by atoms with Gasteiger partial charge in [0.15, 0.2) is 0 Å². The Balaban J connectivity index is 3.36. The lowest BCUT2D eigenvalue weighted by molar-refractivity contribution is 0.587. The Bertz CT molecular complexity index is 42.1. The van der Waals surface area contributed by atoms with Crippen molar-refractivity contribution in [3.8, 4) is 0 Å². The van der Waals surface area contributed by atoms with E-state index < -0.39 is 0 Å². The van der Waals surface area contributed by atoms with E-state index in [4.69, 9.17) is 11.6 Å². The lowest BCUT2D eigenvalue weighted by Crippen LogP contribution is -2.11.